The van der Waals surface area contributed by atoms with Crippen molar-refractivity contribution in [1.29, 1.82) is 0 Å². The molecule has 1 aromatic rings. The molecule has 0 unspecified atom stereocenters. The Morgan fingerprint density at radius 3 is 2.68 bits per heavy atom. The summed E-state index contributed by atoms with van der Waals surface area (Å²) in [5.74, 6) is -0.838. The average Bonchev–Trinajstić information content (AvgIpc) is 2.97. The minimum Gasteiger partial charge on any atom is -0.389 e. The molecule has 2 aliphatic rings. The van der Waals surface area contributed by atoms with E-state index in [4.69, 9.17) is 5.11 Å². The van der Waals surface area contributed by atoms with Gasteiger partial charge in [0.1, 0.15) is 12.4 Å². The highest BCUT2D eigenvalue weighted by Gasteiger charge is 2.33. The Labute approximate surface area is 183 Å². The third-order valence-corrected chi connectivity index (χ3v) is 5.51. The van der Waals surface area contributed by atoms with Gasteiger partial charge in [-0.25, -0.2) is 4.39 Å². The van der Waals surface area contributed by atoms with E-state index in [9.17, 15) is 22.4 Å². The van der Waals surface area contributed by atoms with Crippen LogP contribution in [0, 0.1) is 5.82 Å². The third kappa shape index (κ3) is 5.02. The van der Waals surface area contributed by atoms with Gasteiger partial charge < -0.3 is 10.0 Å². The van der Waals surface area contributed by atoms with Crippen molar-refractivity contribution < 1.29 is 27.5 Å². The summed E-state index contributed by atoms with van der Waals surface area (Å²) < 4.78 is 53.3. The number of hydrogen-bond acceptors (Lipinski definition) is 4. The summed E-state index contributed by atoms with van der Waals surface area (Å²) in [5, 5.41) is 10.6. The lowest BCUT2D eigenvalue weighted by molar-refractivity contribution is -0.122. The van der Waals surface area contributed by atoms with Crippen LogP contribution in [-0.4, -0.2) is 35.1 Å². The van der Waals surface area contributed by atoms with Crippen LogP contribution < -0.4 is 0 Å². The van der Waals surface area contributed by atoms with Crippen LogP contribution in [0.3, 0.4) is 0 Å². The Bertz CT molecular complexity index is 1050. The van der Waals surface area contributed by atoms with Gasteiger partial charge in [0.15, 0.2) is 5.78 Å². The number of carbonyl (C=O) groups is 1. The van der Waals surface area contributed by atoms with Crippen molar-refractivity contribution in [3.63, 3.8) is 0 Å². The molecule has 8 heteroatoms. The fourth-order valence-electron chi connectivity index (χ4n) is 3.69. The minimum absolute atomic E-state index is 0.0748. The van der Waals surface area contributed by atoms with Crippen molar-refractivity contribution in [2.24, 2.45) is 0 Å². The molecule has 31 heavy (non-hydrogen) atoms. The number of carbonyl (C=O) groups excluding carboxylic acids is 1. The van der Waals surface area contributed by atoms with E-state index < -0.39 is 30.0 Å². The standard InChI is InChI=1S/C23H21F4NO2S/c1-14-22(21(13-31)15-3-2-4-17(6-5-15)23(25,26)27)20-8-7-18(24)9-16(20)10-28(14)11-19(30)12-29/h2-3,5-9,13,29,31H,4,10-12H2,1H3/b21-13+. The zero-order chi connectivity index (χ0) is 22.8. The zero-order valence-corrected chi connectivity index (χ0v) is 17.6. The van der Waals surface area contributed by atoms with Gasteiger partial charge in [0, 0.05) is 23.4 Å². The molecule has 0 fully saturated rings. The number of thiol groups is 1. The number of fused-ring (bicyclic) bond motifs is 1. The molecule has 0 atom stereocenters. The van der Waals surface area contributed by atoms with Crippen molar-refractivity contribution in [3.8, 4) is 0 Å². The highest BCUT2D eigenvalue weighted by atomic mass is 32.1. The molecular formula is C23H21F4NO2S. The number of allylic oxidation sites excluding steroid dienone is 9. The number of Topliss-reactive ketones (excluding diaryl/α,β-unsaturated/α-hetero) is 1. The van der Waals surface area contributed by atoms with Crippen LogP contribution in [0.25, 0.3) is 5.57 Å². The minimum atomic E-state index is -4.42. The first kappa shape index (κ1) is 23.1. The summed E-state index contributed by atoms with van der Waals surface area (Å²) >= 11 is 4.31. The summed E-state index contributed by atoms with van der Waals surface area (Å²) in [5.41, 5.74) is 3.06. The molecular weight excluding hydrogens is 430 g/mol. The lowest BCUT2D eigenvalue weighted by Gasteiger charge is -2.34. The van der Waals surface area contributed by atoms with E-state index in [-0.39, 0.29) is 19.5 Å². The molecule has 1 N–H and O–H groups in total. The number of benzene rings is 1. The number of rotatable bonds is 5. The molecule has 0 saturated carbocycles. The van der Waals surface area contributed by atoms with Crippen molar-refractivity contribution in [2.45, 2.75) is 26.1 Å². The number of nitrogens with zero attached hydrogens (tertiary/aromatic N) is 1. The normalized spacial score (nSPS) is 17.3. The zero-order valence-electron chi connectivity index (χ0n) is 16.7. The Morgan fingerprint density at radius 2 is 2.03 bits per heavy atom. The number of alkyl halides is 3. The Kier molecular flexibility index (Phi) is 6.91. The summed E-state index contributed by atoms with van der Waals surface area (Å²) in [6.45, 7) is 1.35. The summed E-state index contributed by atoms with van der Waals surface area (Å²) in [4.78, 5) is 13.6. The highest BCUT2D eigenvalue weighted by molar-refractivity contribution is 7.83. The van der Waals surface area contributed by atoms with E-state index in [2.05, 4.69) is 12.6 Å². The van der Waals surface area contributed by atoms with E-state index in [0.717, 1.165) is 6.08 Å². The maximum absolute atomic E-state index is 13.9. The molecule has 1 heterocycles. The SMILES string of the molecule is CC1=C(/C(=C/S)C2=CC=C(C(F)(F)F)CC=C2)c2ccc(F)cc2CN1CC(=O)CO. The van der Waals surface area contributed by atoms with Crippen LogP contribution in [-0.2, 0) is 11.3 Å². The monoisotopic (exact) mass is 451 g/mol. The second kappa shape index (κ2) is 9.28. The van der Waals surface area contributed by atoms with Gasteiger partial charge in [-0.2, -0.15) is 25.8 Å². The van der Waals surface area contributed by atoms with E-state index in [1.165, 1.54) is 29.7 Å². The first-order chi connectivity index (χ1) is 14.7. The number of aliphatic hydroxyl groups is 1. The predicted molar refractivity (Wildman–Crippen MR) is 115 cm³/mol. The van der Waals surface area contributed by atoms with Crippen LogP contribution in [0.1, 0.15) is 24.5 Å². The molecule has 0 bridgehead atoms. The second-order valence-electron chi connectivity index (χ2n) is 7.28. The first-order valence-electron chi connectivity index (χ1n) is 9.52. The maximum Gasteiger partial charge on any atom is 0.412 e. The van der Waals surface area contributed by atoms with Gasteiger partial charge in [-0.1, -0.05) is 30.4 Å². The predicted octanol–water partition coefficient (Wildman–Crippen LogP) is 5.12. The van der Waals surface area contributed by atoms with Crippen LogP contribution >= 0.6 is 12.6 Å². The highest BCUT2D eigenvalue weighted by Crippen LogP contribution is 2.41. The molecule has 0 aromatic heterocycles. The van der Waals surface area contributed by atoms with Gasteiger partial charge in [0.05, 0.1) is 6.54 Å². The Balaban J connectivity index is 2.14. The summed E-state index contributed by atoms with van der Waals surface area (Å²) in [6, 6.07) is 4.30. The number of ketones is 1. The molecule has 0 radical (unpaired) electrons. The van der Waals surface area contributed by atoms with Gasteiger partial charge in [-0.05, 0) is 53.2 Å². The average molecular weight is 451 g/mol. The number of hydrogen-bond donors (Lipinski definition) is 2. The quantitative estimate of drug-likeness (QED) is 0.482. The topological polar surface area (TPSA) is 40.5 Å². The lowest BCUT2D eigenvalue weighted by Crippen LogP contribution is -2.33. The van der Waals surface area contributed by atoms with Crippen molar-refractivity contribution in [2.75, 3.05) is 13.2 Å². The third-order valence-electron chi connectivity index (χ3n) is 5.25. The molecule has 3 rings (SSSR count). The molecule has 164 valence electrons. The largest absolute Gasteiger partial charge is 0.412 e. The summed E-state index contributed by atoms with van der Waals surface area (Å²) in [7, 11) is 0. The van der Waals surface area contributed by atoms with E-state index in [1.54, 1.807) is 24.0 Å². The molecule has 3 nitrogen and oxygen atoms in total. The van der Waals surface area contributed by atoms with Gasteiger partial charge in [0.25, 0.3) is 0 Å². The van der Waals surface area contributed by atoms with Crippen LogP contribution in [0.4, 0.5) is 17.6 Å². The fourth-order valence-corrected chi connectivity index (χ4v) is 3.97. The van der Waals surface area contributed by atoms with E-state index in [1.807, 2.05) is 0 Å². The van der Waals surface area contributed by atoms with E-state index >= 15 is 0 Å². The van der Waals surface area contributed by atoms with Crippen LogP contribution in [0.15, 0.2) is 70.3 Å². The van der Waals surface area contributed by atoms with Crippen molar-refractivity contribution in [1.82, 2.24) is 4.90 Å². The van der Waals surface area contributed by atoms with Gasteiger partial charge in [-0.15, -0.1) is 0 Å². The first-order valence-corrected chi connectivity index (χ1v) is 10.0. The number of halogens is 4. The van der Waals surface area contributed by atoms with E-state index in [0.29, 0.717) is 33.5 Å². The second-order valence-corrected chi connectivity index (χ2v) is 7.53. The summed E-state index contributed by atoms with van der Waals surface area (Å²) in [6.07, 6.45) is 0.790. The van der Waals surface area contributed by atoms with Crippen molar-refractivity contribution in [3.05, 3.63) is 87.3 Å². The van der Waals surface area contributed by atoms with Crippen LogP contribution in [0.2, 0.25) is 0 Å². The number of aliphatic hydroxyl groups excluding tert-OH is 1. The smallest absolute Gasteiger partial charge is 0.389 e. The molecule has 0 saturated heterocycles. The maximum atomic E-state index is 13.9. The van der Waals surface area contributed by atoms with Gasteiger partial charge in [-0.3, -0.25) is 4.79 Å². The van der Waals surface area contributed by atoms with Gasteiger partial charge in [0.2, 0.25) is 0 Å². The Hall–Kier alpha value is -2.58. The molecule has 1 aliphatic heterocycles. The molecule has 0 amide bonds. The molecule has 0 spiro atoms. The fraction of sp³-hybridized carbons (Fsp3) is 0.261. The van der Waals surface area contributed by atoms with Crippen LogP contribution in [0.5, 0.6) is 0 Å². The molecule has 1 aromatic carbocycles. The van der Waals surface area contributed by atoms with Gasteiger partial charge >= 0.3 is 6.18 Å². The van der Waals surface area contributed by atoms with Crippen molar-refractivity contribution >= 4 is 24.0 Å². The molecule has 1 aliphatic carbocycles. The lowest BCUT2D eigenvalue weighted by atomic mass is 9.85. The Morgan fingerprint density at radius 1 is 1.29 bits per heavy atom.